The van der Waals surface area contributed by atoms with Crippen molar-refractivity contribution in [3.05, 3.63) is 45.9 Å². The molecule has 1 heterocycles. The van der Waals surface area contributed by atoms with Crippen LogP contribution in [0.3, 0.4) is 0 Å². The summed E-state index contributed by atoms with van der Waals surface area (Å²) in [6.45, 7) is 1.31. The highest BCUT2D eigenvalue weighted by atomic mass is 35.5. The van der Waals surface area contributed by atoms with E-state index in [0.717, 1.165) is 22.4 Å². The molecule has 0 aliphatic carbocycles. The van der Waals surface area contributed by atoms with E-state index in [-0.39, 0.29) is 0 Å². The third-order valence-corrected chi connectivity index (χ3v) is 3.66. The molecule has 0 aliphatic heterocycles. The second-order valence-electron chi connectivity index (χ2n) is 3.81. The Labute approximate surface area is 110 Å². The van der Waals surface area contributed by atoms with Crippen molar-refractivity contribution in [2.75, 3.05) is 11.9 Å². The molecule has 0 spiro atoms. The summed E-state index contributed by atoms with van der Waals surface area (Å²) in [6, 6.07) is 7.85. The van der Waals surface area contributed by atoms with Crippen molar-refractivity contribution in [3.8, 4) is 0 Å². The van der Waals surface area contributed by atoms with E-state index in [9.17, 15) is 0 Å². The zero-order chi connectivity index (χ0) is 12.3. The van der Waals surface area contributed by atoms with E-state index < -0.39 is 0 Å². The van der Waals surface area contributed by atoms with Crippen LogP contribution in [0.15, 0.2) is 29.6 Å². The van der Waals surface area contributed by atoms with Crippen LogP contribution in [0.25, 0.3) is 0 Å². The molecule has 0 saturated carbocycles. The first kappa shape index (κ1) is 12.4. The number of anilines is 1. The lowest BCUT2D eigenvalue weighted by molar-refractivity contribution is 0.900. The largest absolute Gasteiger partial charge is 0.347 e. The molecule has 17 heavy (non-hydrogen) atoms. The van der Waals surface area contributed by atoms with Gasteiger partial charge in [0.05, 0.1) is 5.69 Å². The van der Waals surface area contributed by atoms with Crippen molar-refractivity contribution in [1.29, 1.82) is 0 Å². The molecule has 0 saturated heterocycles. The fourth-order valence-electron chi connectivity index (χ4n) is 1.50. The van der Waals surface area contributed by atoms with E-state index in [1.807, 2.05) is 36.7 Å². The summed E-state index contributed by atoms with van der Waals surface area (Å²) in [5.74, 6) is 0. The Morgan fingerprint density at radius 1 is 1.35 bits per heavy atom. The Hall–Kier alpha value is -1.10. The Morgan fingerprint density at radius 3 is 2.65 bits per heavy atom. The van der Waals surface area contributed by atoms with E-state index in [4.69, 9.17) is 17.3 Å². The minimum Gasteiger partial charge on any atom is -0.347 e. The monoisotopic (exact) mass is 267 g/mol. The van der Waals surface area contributed by atoms with Gasteiger partial charge in [0.15, 0.2) is 5.13 Å². The van der Waals surface area contributed by atoms with E-state index in [0.29, 0.717) is 6.54 Å². The summed E-state index contributed by atoms with van der Waals surface area (Å²) >= 11 is 7.46. The van der Waals surface area contributed by atoms with Crippen molar-refractivity contribution in [3.63, 3.8) is 0 Å². The van der Waals surface area contributed by atoms with Crippen molar-refractivity contribution < 1.29 is 0 Å². The Morgan fingerprint density at radius 2 is 2.06 bits per heavy atom. The van der Waals surface area contributed by atoms with Crippen LogP contribution in [0.1, 0.15) is 11.3 Å². The second-order valence-corrected chi connectivity index (χ2v) is 5.08. The average Bonchev–Trinajstić information content (AvgIpc) is 2.81. The van der Waals surface area contributed by atoms with Gasteiger partial charge in [-0.25, -0.2) is 4.98 Å². The molecule has 1 aromatic carbocycles. The molecule has 2 N–H and O–H groups in total. The van der Waals surface area contributed by atoms with E-state index in [1.165, 1.54) is 5.56 Å². The van der Waals surface area contributed by atoms with Gasteiger partial charge in [-0.05, 0) is 17.7 Å². The molecule has 0 fully saturated rings. The van der Waals surface area contributed by atoms with Gasteiger partial charge in [0.2, 0.25) is 0 Å². The molecule has 1 aromatic heterocycles. The number of hydrogen-bond acceptors (Lipinski definition) is 4. The van der Waals surface area contributed by atoms with Crippen molar-refractivity contribution in [2.45, 2.75) is 13.1 Å². The maximum atomic E-state index is 5.85. The van der Waals surface area contributed by atoms with Crippen LogP contribution in [-0.2, 0) is 13.1 Å². The molecule has 2 rings (SSSR count). The highest BCUT2D eigenvalue weighted by molar-refractivity contribution is 7.13. The molecule has 0 radical (unpaired) electrons. The summed E-state index contributed by atoms with van der Waals surface area (Å²) < 4.78 is 0. The minimum absolute atomic E-state index is 0.491. The second kappa shape index (κ2) is 5.49. The molecule has 0 unspecified atom stereocenters. The first-order chi connectivity index (χ1) is 8.19. The van der Waals surface area contributed by atoms with E-state index >= 15 is 0 Å². The van der Waals surface area contributed by atoms with Crippen LogP contribution in [0.5, 0.6) is 0 Å². The molecule has 5 heteroatoms. The van der Waals surface area contributed by atoms with Crippen molar-refractivity contribution in [2.24, 2.45) is 5.73 Å². The summed E-state index contributed by atoms with van der Waals surface area (Å²) in [6.07, 6.45) is 0. The molecule has 0 bridgehead atoms. The van der Waals surface area contributed by atoms with Crippen molar-refractivity contribution in [1.82, 2.24) is 4.98 Å². The topological polar surface area (TPSA) is 42.2 Å². The number of halogens is 1. The van der Waals surface area contributed by atoms with Gasteiger partial charge in [-0.2, -0.15) is 0 Å². The number of hydrogen-bond donors (Lipinski definition) is 1. The van der Waals surface area contributed by atoms with Crippen LogP contribution in [0.4, 0.5) is 5.13 Å². The highest BCUT2D eigenvalue weighted by Gasteiger charge is 2.06. The molecule has 0 atom stereocenters. The molecule has 0 aliphatic rings. The van der Waals surface area contributed by atoms with Gasteiger partial charge in [0, 0.05) is 30.5 Å². The summed E-state index contributed by atoms with van der Waals surface area (Å²) in [5.41, 5.74) is 7.69. The Bertz CT molecular complexity index is 481. The Kier molecular flexibility index (Phi) is 3.99. The van der Waals surface area contributed by atoms with Crippen molar-refractivity contribution >= 4 is 28.1 Å². The zero-order valence-electron chi connectivity index (χ0n) is 9.56. The Balaban J connectivity index is 2.05. The minimum atomic E-state index is 0.491. The number of thiazole rings is 1. The number of rotatable bonds is 4. The zero-order valence-corrected chi connectivity index (χ0v) is 11.1. The number of aromatic nitrogens is 1. The fourth-order valence-corrected chi connectivity index (χ4v) is 2.43. The average molecular weight is 268 g/mol. The highest BCUT2D eigenvalue weighted by Crippen LogP contribution is 2.21. The van der Waals surface area contributed by atoms with Crippen LogP contribution >= 0.6 is 22.9 Å². The summed E-state index contributed by atoms with van der Waals surface area (Å²) in [7, 11) is 2.02. The van der Waals surface area contributed by atoms with E-state index in [1.54, 1.807) is 11.3 Å². The normalized spacial score (nSPS) is 10.5. The molecular formula is C12H14ClN3S. The SMILES string of the molecule is CN(Cc1ccc(Cl)cc1)c1nc(CN)cs1. The van der Waals surface area contributed by atoms with Gasteiger partial charge in [-0.3, -0.25) is 0 Å². The molecule has 90 valence electrons. The molecule has 2 aromatic rings. The molecule has 0 amide bonds. The van der Waals surface area contributed by atoms with Gasteiger partial charge >= 0.3 is 0 Å². The van der Waals surface area contributed by atoms with Crippen LogP contribution in [0.2, 0.25) is 5.02 Å². The molecular weight excluding hydrogens is 254 g/mol. The van der Waals surface area contributed by atoms with Gasteiger partial charge in [-0.15, -0.1) is 11.3 Å². The van der Waals surface area contributed by atoms with Gasteiger partial charge in [0.1, 0.15) is 0 Å². The number of nitrogens with zero attached hydrogens (tertiary/aromatic N) is 2. The van der Waals surface area contributed by atoms with E-state index in [2.05, 4.69) is 9.88 Å². The summed E-state index contributed by atoms with van der Waals surface area (Å²) in [5, 5.41) is 3.74. The third kappa shape index (κ3) is 3.19. The third-order valence-electron chi connectivity index (χ3n) is 2.41. The first-order valence-corrected chi connectivity index (χ1v) is 6.55. The first-order valence-electron chi connectivity index (χ1n) is 5.29. The quantitative estimate of drug-likeness (QED) is 0.926. The van der Waals surface area contributed by atoms with Gasteiger partial charge in [0.25, 0.3) is 0 Å². The fraction of sp³-hybridized carbons (Fsp3) is 0.250. The lowest BCUT2D eigenvalue weighted by Gasteiger charge is -2.15. The van der Waals surface area contributed by atoms with Gasteiger partial charge < -0.3 is 10.6 Å². The number of benzene rings is 1. The van der Waals surface area contributed by atoms with Crippen LogP contribution in [-0.4, -0.2) is 12.0 Å². The standard InChI is InChI=1S/C12H14ClN3S/c1-16(12-15-11(6-14)8-17-12)7-9-2-4-10(13)5-3-9/h2-5,8H,6-7,14H2,1H3. The summed E-state index contributed by atoms with van der Waals surface area (Å²) in [4.78, 5) is 6.54. The smallest absolute Gasteiger partial charge is 0.185 e. The van der Waals surface area contributed by atoms with Gasteiger partial charge in [-0.1, -0.05) is 23.7 Å². The van der Waals surface area contributed by atoms with Crippen LogP contribution < -0.4 is 10.6 Å². The maximum Gasteiger partial charge on any atom is 0.185 e. The predicted molar refractivity (Wildman–Crippen MR) is 73.6 cm³/mol. The maximum absolute atomic E-state index is 5.85. The lowest BCUT2D eigenvalue weighted by atomic mass is 10.2. The lowest BCUT2D eigenvalue weighted by Crippen LogP contribution is -2.16. The van der Waals surface area contributed by atoms with Crippen LogP contribution in [0, 0.1) is 0 Å². The molecule has 3 nitrogen and oxygen atoms in total. The predicted octanol–water partition coefficient (Wildman–Crippen LogP) is 2.89. The number of nitrogens with two attached hydrogens (primary N) is 1.